The highest BCUT2D eigenvalue weighted by atomic mass is 35.5. The molecular weight excluding hydrogens is 400 g/mol. The Morgan fingerprint density at radius 3 is 2.87 bits per heavy atom. The number of hydrogen-bond donors (Lipinski definition) is 2. The first-order valence-electron chi connectivity index (χ1n) is 11.5. The monoisotopic (exact) mass is 421 g/mol. The second-order valence-electron chi connectivity index (χ2n) is 6.58. The summed E-state index contributed by atoms with van der Waals surface area (Å²) < 4.78 is 42.2. The van der Waals surface area contributed by atoms with Crippen molar-refractivity contribution < 1.29 is 6.85 Å². The lowest BCUT2D eigenvalue weighted by molar-refractivity contribution is 0.774. The largest absolute Gasteiger partial charge is 0.360 e. The van der Waals surface area contributed by atoms with Crippen molar-refractivity contribution in [1.29, 1.82) is 0 Å². The van der Waals surface area contributed by atoms with Crippen LogP contribution in [-0.2, 0) is 0 Å². The third-order valence-corrected chi connectivity index (χ3v) is 5.06. The van der Waals surface area contributed by atoms with Crippen LogP contribution in [0.3, 0.4) is 0 Å². The van der Waals surface area contributed by atoms with Crippen LogP contribution in [0.25, 0.3) is 27.6 Å². The fraction of sp³-hybridized carbons (Fsp3) is 0.0909. The average molecular weight is 422 g/mol. The molecule has 0 fully saturated rings. The molecule has 0 unspecified atom stereocenters. The van der Waals surface area contributed by atoms with Crippen LogP contribution in [0.4, 0.5) is 5.82 Å². The van der Waals surface area contributed by atoms with Gasteiger partial charge >= 0.3 is 0 Å². The van der Waals surface area contributed by atoms with E-state index in [9.17, 15) is 4.79 Å². The summed E-state index contributed by atoms with van der Waals surface area (Å²) in [4.78, 5) is 29.3. The van der Waals surface area contributed by atoms with Crippen LogP contribution < -0.4 is 10.9 Å². The molecular formula is C22H17ClN6O. The summed E-state index contributed by atoms with van der Waals surface area (Å²) in [6, 6.07) is 3.42. The SMILES string of the molecule is [2H]c1c([2H])c([2H])c(-n2c([C@H](C)Nc3ncnc4[nH]cnc34)cc3cccc(Cl)c3c2=O)c([2H])c1[2H]. The van der Waals surface area contributed by atoms with Crippen molar-refractivity contribution in [1.82, 2.24) is 24.5 Å². The van der Waals surface area contributed by atoms with Crippen molar-refractivity contribution >= 4 is 39.4 Å². The Hall–Kier alpha value is -3.71. The molecule has 0 radical (unpaired) electrons. The van der Waals surface area contributed by atoms with Gasteiger partial charge in [-0.3, -0.25) is 9.36 Å². The van der Waals surface area contributed by atoms with Crippen molar-refractivity contribution in [2.75, 3.05) is 5.32 Å². The molecule has 2 N–H and O–H groups in total. The van der Waals surface area contributed by atoms with Crippen molar-refractivity contribution in [2.45, 2.75) is 13.0 Å². The Kier molecular flexibility index (Phi) is 3.27. The standard InChI is InChI=1S/C22H17ClN6O/c1-13(28-21-19-20(25-11-24-19)26-12-27-21)17-10-14-6-5-9-16(23)18(14)22(30)29(17)15-7-3-2-4-8-15/h2-13H,1H3,(H2,24,25,26,27,28)/t13-/m0/s1/i2D,3D,4D,7D,8D. The Morgan fingerprint density at radius 2 is 2.03 bits per heavy atom. The zero-order valence-electron chi connectivity index (χ0n) is 20.6. The molecule has 0 spiro atoms. The zero-order chi connectivity index (χ0) is 25.0. The number of aromatic nitrogens is 5. The number of rotatable bonds is 4. The van der Waals surface area contributed by atoms with Gasteiger partial charge in [0.15, 0.2) is 11.5 Å². The van der Waals surface area contributed by atoms with Crippen LogP contribution in [0, 0.1) is 0 Å². The van der Waals surface area contributed by atoms with E-state index in [1.165, 1.54) is 12.7 Å². The maximum atomic E-state index is 13.8. The molecule has 0 bridgehead atoms. The van der Waals surface area contributed by atoms with Gasteiger partial charge in [-0.25, -0.2) is 15.0 Å². The molecule has 0 saturated carbocycles. The molecule has 0 amide bonds. The number of anilines is 1. The minimum absolute atomic E-state index is 0.175. The van der Waals surface area contributed by atoms with Gasteiger partial charge in [0.05, 0.1) is 29.6 Å². The van der Waals surface area contributed by atoms with Gasteiger partial charge in [0, 0.05) is 11.4 Å². The summed E-state index contributed by atoms with van der Waals surface area (Å²) in [5.74, 6) is 0.398. The highest BCUT2D eigenvalue weighted by Crippen LogP contribution is 2.27. The van der Waals surface area contributed by atoms with Crippen LogP contribution in [0.15, 0.2) is 71.9 Å². The van der Waals surface area contributed by atoms with Gasteiger partial charge in [-0.05, 0) is 36.5 Å². The fourth-order valence-electron chi connectivity index (χ4n) is 3.39. The summed E-state index contributed by atoms with van der Waals surface area (Å²) in [6.07, 6.45) is 2.84. The van der Waals surface area contributed by atoms with Gasteiger partial charge in [0.1, 0.15) is 11.8 Å². The first kappa shape index (κ1) is 13.5. The third-order valence-electron chi connectivity index (χ3n) is 4.75. The molecule has 0 aliphatic rings. The molecule has 3 heterocycles. The van der Waals surface area contributed by atoms with E-state index in [4.69, 9.17) is 18.5 Å². The lowest BCUT2D eigenvalue weighted by Crippen LogP contribution is -2.25. The van der Waals surface area contributed by atoms with Gasteiger partial charge < -0.3 is 10.3 Å². The first-order chi connectivity index (χ1) is 16.7. The third kappa shape index (κ3) is 3.00. The second kappa shape index (κ2) is 7.27. The van der Waals surface area contributed by atoms with Crippen LogP contribution in [0.2, 0.25) is 5.02 Å². The molecule has 5 rings (SSSR count). The number of para-hydroxylation sites is 1. The lowest BCUT2D eigenvalue weighted by atomic mass is 10.1. The molecule has 5 aromatic rings. The topological polar surface area (TPSA) is 88.5 Å². The number of benzene rings is 2. The van der Waals surface area contributed by atoms with Gasteiger partial charge in [0.25, 0.3) is 5.56 Å². The average Bonchev–Trinajstić information content (AvgIpc) is 3.32. The van der Waals surface area contributed by atoms with E-state index < -0.39 is 41.8 Å². The molecule has 0 aliphatic heterocycles. The number of halogens is 1. The van der Waals surface area contributed by atoms with E-state index in [1.54, 1.807) is 31.2 Å². The van der Waals surface area contributed by atoms with Gasteiger partial charge in [0.2, 0.25) is 0 Å². The van der Waals surface area contributed by atoms with Crippen LogP contribution in [0.5, 0.6) is 0 Å². The highest BCUT2D eigenvalue weighted by molar-refractivity contribution is 6.35. The summed E-state index contributed by atoms with van der Waals surface area (Å²) in [5.41, 5.74) is 0.468. The number of aromatic amines is 1. The van der Waals surface area contributed by atoms with E-state index in [-0.39, 0.29) is 16.1 Å². The fourth-order valence-corrected chi connectivity index (χ4v) is 3.66. The van der Waals surface area contributed by atoms with E-state index >= 15 is 0 Å². The molecule has 7 nitrogen and oxygen atoms in total. The molecule has 148 valence electrons. The van der Waals surface area contributed by atoms with Crippen LogP contribution in [-0.4, -0.2) is 24.5 Å². The Balaban J connectivity index is 1.81. The molecule has 0 aliphatic carbocycles. The number of H-pyrrole nitrogens is 1. The smallest absolute Gasteiger partial charge is 0.264 e. The van der Waals surface area contributed by atoms with E-state index in [2.05, 4.69) is 25.3 Å². The van der Waals surface area contributed by atoms with E-state index in [1.807, 2.05) is 0 Å². The van der Waals surface area contributed by atoms with Crippen molar-refractivity contribution in [2.24, 2.45) is 0 Å². The second-order valence-corrected chi connectivity index (χ2v) is 6.98. The number of pyridine rings is 1. The van der Waals surface area contributed by atoms with Crippen molar-refractivity contribution in [3.05, 3.63) is 88.2 Å². The normalized spacial score (nSPS) is 14.7. The number of imidazole rings is 1. The quantitative estimate of drug-likeness (QED) is 0.446. The van der Waals surface area contributed by atoms with Gasteiger partial charge in [-0.1, -0.05) is 41.9 Å². The molecule has 3 aromatic heterocycles. The maximum absolute atomic E-state index is 13.8. The predicted octanol–water partition coefficient (Wildman–Crippen LogP) is 4.48. The zero-order valence-corrected chi connectivity index (χ0v) is 16.4. The maximum Gasteiger partial charge on any atom is 0.264 e. The lowest BCUT2D eigenvalue weighted by Gasteiger charge is -2.21. The predicted molar refractivity (Wildman–Crippen MR) is 118 cm³/mol. The molecule has 30 heavy (non-hydrogen) atoms. The van der Waals surface area contributed by atoms with Crippen molar-refractivity contribution in [3.63, 3.8) is 0 Å². The number of nitrogens with zero attached hydrogens (tertiary/aromatic N) is 4. The summed E-state index contributed by atoms with van der Waals surface area (Å²) >= 11 is 6.35. The summed E-state index contributed by atoms with van der Waals surface area (Å²) in [6.45, 7) is 1.76. The molecule has 2 aromatic carbocycles. The molecule has 8 heteroatoms. The number of fused-ring (bicyclic) bond motifs is 2. The number of hydrogen-bond acceptors (Lipinski definition) is 5. The van der Waals surface area contributed by atoms with Crippen molar-refractivity contribution in [3.8, 4) is 5.69 Å². The summed E-state index contributed by atoms with van der Waals surface area (Å²) in [5, 5.41) is 4.11. The molecule has 1 atom stereocenters. The van der Waals surface area contributed by atoms with Crippen LogP contribution >= 0.6 is 11.6 Å². The summed E-state index contributed by atoms with van der Waals surface area (Å²) in [7, 11) is 0. The van der Waals surface area contributed by atoms with E-state index in [0.717, 1.165) is 4.57 Å². The highest BCUT2D eigenvalue weighted by Gasteiger charge is 2.19. The minimum atomic E-state index is -0.612. The van der Waals surface area contributed by atoms with Gasteiger partial charge in [-0.2, -0.15) is 0 Å². The first-order valence-corrected chi connectivity index (χ1v) is 9.40. The van der Waals surface area contributed by atoms with Gasteiger partial charge in [-0.15, -0.1) is 0 Å². The van der Waals surface area contributed by atoms with E-state index in [0.29, 0.717) is 28.1 Å². The molecule has 0 saturated heterocycles. The Morgan fingerprint density at radius 1 is 1.20 bits per heavy atom. The number of nitrogens with one attached hydrogen (secondary N) is 2. The Bertz CT molecular complexity index is 1670. The van der Waals surface area contributed by atoms with Crippen LogP contribution in [0.1, 0.15) is 25.5 Å². The minimum Gasteiger partial charge on any atom is -0.360 e. The Labute approximate surface area is 183 Å².